The first kappa shape index (κ1) is 18.1. The highest BCUT2D eigenvalue weighted by Crippen LogP contribution is 2.20. The molecule has 28 heavy (non-hydrogen) atoms. The fraction of sp³-hybridized carbons (Fsp3) is 0.190. The molecule has 0 aliphatic carbocycles. The average Bonchev–Trinajstić information content (AvgIpc) is 2.75. The predicted molar refractivity (Wildman–Crippen MR) is 106 cm³/mol. The zero-order chi connectivity index (χ0) is 19.3. The van der Waals surface area contributed by atoms with Crippen LogP contribution in [0.15, 0.2) is 60.8 Å². The number of aromatic nitrogens is 2. The Morgan fingerprint density at radius 3 is 2.43 bits per heavy atom. The largest absolute Gasteiger partial charge is 0.336 e. The van der Waals surface area contributed by atoms with Crippen LogP contribution in [0, 0.1) is 5.82 Å². The Bertz CT molecular complexity index is 953. The van der Waals surface area contributed by atoms with Crippen molar-refractivity contribution in [3.63, 3.8) is 0 Å². The van der Waals surface area contributed by atoms with E-state index >= 15 is 0 Å². The minimum absolute atomic E-state index is 0.0441. The van der Waals surface area contributed by atoms with Gasteiger partial charge in [0.15, 0.2) is 0 Å². The summed E-state index contributed by atoms with van der Waals surface area (Å²) in [6.45, 7) is 3.10. The number of hydrogen-bond donors (Lipinski definition) is 2. The second kappa shape index (κ2) is 8.14. The van der Waals surface area contributed by atoms with Crippen LogP contribution in [0.4, 0.5) is 16.0 Å². The molecule has 6 nitrogen and oxygen atoms in total. The van der Waals surface area contributed by atoms with Crippen molar-refractivity contribution >= 4 is 17.5 Å². The lowest BCUT2D eigenvalue weighted by Crippen LogP contribution is -2.46. The summed E-state index contributed by atoms with van der Waals surface area (Å²) in [5.74, 6) is 0.192. The molecule has 1 aromatic heterocycles. The summed E-state index contributed by atoms with van der Waals surface area (Å²) >= 11 is 0. The molecule has 0 atom stereocenters. The lowest BCUT2D eigenvalue weighted by molar-refractivity contribution is 0.0736. The standard InChI is InChI=1S/C21H20FN5O/c22-17-5-1-15(2-6-17)19-9-10-24-21(26-19)25-18-7-3-16(4-8-18)20(28)27-13-11-23-12-14-27/h1-10,23H,11-14H2,(H,24,25,26). The van der Waals surface area contributed by atoms with E-state index in [2.05, 4.69) is 20.6 Å². The molecule has 0 spiro atoms. The first-order valence-electron chi connectivity index (χ1n) is 9.15. The quantitative estimate of drug-likeness (QED) is 0.731. The van der Waals surface area contributed by atoms with Gasteiger partial charge in [-0.3, -0.25) is 4.79 Å². The number of rotatable bonds is 4. The van der Waals surface area contributed by atoms with Crippen LogP contribution in [0.25, 0.3) is 11.3 Å². The zero-order valence-corrected chi connectivity index (χ0v) is 15.2. The number of benzene rings is 2. The van der Waals surface area contributed by atoms with Gasteiger partial charge in [0.25, 0.3) is 5.91 Å². The first-order chi connectivity index (χ1) is 13.7. The molecule has 2 N–H and O–H groups in total. The second-order valence-electron chi connectivity index (χ2n) is 6.52. The van der Waals surface area contributed by atoms with Crippen LogP contribution < -0.4 is 10.6 Å². The number of nitrogens with zero attached hydrogens (tertiary/aromatic N) is 3. The van der Waals surface area contributed by atoms with Gasteiger partial charge in [-0.2, -0.15) is 0 Å². The maximum absolute atomic E-state index is 13.1. The monoisotopic (exact) mass is 377 g/mol. The topological polar surface area (TPSA) is 70.2 Å². The highest BCUT2D eigenvalue weighted by molar-refractivity contribution is 5.94. The van der Waals surface area contributed by atoms with Crippen molar-refractivity contribution in [1.29, 1.82) is 0 Å². The molecule has 1 fully saturated rings. The van der Waals surface area contributed by atoms with Gasteiger partial charge in [-0.1, -0.05) is 0 Å². The summed E-state index contributed by atoms with van der Waals surface area (Å²) in [7, 11) is 0. The summed E-state index contributed by atoms with van der Waals surface area (Å²) in [4.78, 5) is 23.1. The number of halogens is 1. The summed E-state index contributed by atoms with van der Waals surface area (Å²) in [5.41, 5.74) is 2.95. The Balaban J connectivity index is 1.46. The molecule has 1 amide bonds. The van der Waals surface area contributed by atoms with Gasteiger partial charge in [-0.05, 0) is 54.6 Å². The molecule has 142 valence electrons. The molecule has 1 aliphatic rings. The average molecular weight is 377 g/mol. The maximum Gasteiger partial charge on any atom is 0.253 e. The molecular weight excluding hydrogens is 357 g/mol. The predicted octanol–water partition coefficient (Wildman–Crippen LogP) is 3.07. The first-order valence-corrected chi connectivity index (χ1v) is 9.15. The van der Waals surface area contributed by atoms with Crippen molar-refractivity contribution < 1.29 is 9.18 Å². The highest BCUT2D eigenvalue weighted by Gasteiger charge is 2.17. The number of amides is 1. The minimum Gasteiger partial charge on any atom is -0.336 e. The van der Waals surface area contributed by atoms with Crippen molar-refractivity contribution in [2.24, 2.45) is 0 Å². The zero-order valence-electron chi connectivity index (χ0n) is 15.2. The smallest absolute Gasteiger partial charge is 0.253 e. The lowest BCUT2D eigenvalue weighted by Gasteiger charge is -2.27. The van der Waals surface area contributed by atoms with Crippen molar-refractivity contribution in [1.82, 2.24) is 20.2 Å². The molecule has 0 saturated carbocycles. The van der Waals surface area contributed by atoms with Crippen molar-refractivity contribution in [3.8, 4) is 11.3 Å². The third-order valence-corrected chi connectivity index (χ3v) is 4.59. The molecule has 2 aromatic carbocycles. The molecule has 1 saturated heterocycles. The van der Waals surface area contributed by atoms with Gasteiger partial charge in [0, 0.05) is 49.2 Å². The fourth-order valence-electron chi connectivity index (χ4n) is 3.08. The van der Waals surface area contributed by atoms with Crippen LogP contribution in [0.2, 0.25) is 0 Å². The summed E-state index contributed by atoms with van der Waals surface area (Å²) < 4.78 is 13.1. The van der Waals surface area contributed by atoms with Crippen LogP contribution in [-0.2, 0) is 0 Å². The Hall–Kier alpha value is -3.32. The van der Waals surface area contributed by atoms with E-state index < -0.39 is 0 Å². The van der Waals surface area contributed by atoms with Gasteiger partial charge in [-0.25, -0.2) is 14.4 Å². The van der Waals surface area contributed by atoms with Crippen LogP contribution in [0.1, 0.15) is 10.4 Å². The van der Waals surface area contributed by atoms with E-state index in [1.165, 1.54) is 12.1 Å². The van der Waals surface area contributed by atoms with Crippen molar-refractivity contribution in [2.75, 3.05) is 31.5 Å². The Labute approximate surface area is 162 Å². The lowest BCUT2D eigenvalue weighted by atomic mass is 10.1. The van der Waals surface area contributed by atoms with E-state index in [9.17, 15) is 9.18 Å². The Kier molecular flexibility index (Phi) is 5.25. The maximum atomic E-state index is 13.1. The number of carbonyl (C=O) groups excluding carboxylic acids is 1. The van der Waals surface area contributed by atoms with Crippen molar-refractivity contribution in [2.45, 2.75) is 0 Å². The van der Waals surface area contributed by atoms with E-state index in [1.807, 2.05) is 17.0 Å². The third kappa shape index (κ3) is 4.15. The number of carbonyl (C=O) groups is 1. The number of anilines is 2. The SMILES string of the molecule is O=C(c1ccc(Nc2nccc(-c3ccc(F)cc3)n2)cc1)N1CCNCC1. The van der Waals surface area contributed by atoms with Gasteiger partial charge < -0.3 is 15.5 Å². The van der Waals surface area contributed by atoms with Crippen LogP contribution >= 0.6 is 0 Å². The summed E-state index contributed by atoms with van der Waals surface area (Å²) in [5, 5.41) is 6.38. The highest BCUT2D eigenvalue weighted by atomic mass is 19.1. The molecule has 1 aliphatic heterocycles. The summed E-state index contributed by atoms with van der Waals surface area (Å²) in [6, 6.07) is 15.2. The molecule has 0 unspecified atom stereocenters. The van der Waals surface area contributed by atoms with E-state index in [1.54, 1.807) is 36.5 Å². The normalized spacial score (nSPS) is 14.0. The van der Waals surface area contributed by atoms with Crippen LogP contribution in [0.3, 0.4) is 0 Å². The summed E-state index contributed by atoms with van der Waals surface area (Å²) in [6.07, 6.45) is 1.65. The van der Waals surface area contributed by atoms with Gasteiger partial charge in [0.1, 0.15) is 5.82 Å². The van der Waals surface area contributed by atoms with Gasteiger partial charge in [0.05, 0.1) is 5.69 Å². The van der Waals surface area contributed by atoms with E-state index in [-0.39, 0.29) is 11.7 Å². The molecule has 7 heteroatoms. The van der Waals surface area contributed by atoms with Gasteiger partial charge in [0.2, 0.25) is 5.95 Å². The Morgan fingerprint density at radius 2 is 1.71 bits per heavy atom. The molecular formula is C21H20FN5O. The molecule has 2 heterocycles. The van der Waals surface area contributed by atoms with E-state index in [4.69, 9.17) is 0 Å². The van der Waals surface area contributed by atoms with E-state index in [0.29, 0.717) is 17.2 Å². The second-order valence-corrected chi connectivity index (χ2v) is 6.52. The van der Waals surface area contributed by atoms with Gasteiger partial charge >= 0.3 is 0 Å². The molecule has 4 rings (SSSR count). The minimum atomic E-state index is -0.286. The molecule has 3 aromatic rings. The van der Waals surface area contributed by atoms with Crippen LogP contribution in [-0.4, -0.2) is 47.0 Å². The third-order valence-electron chi connectivity index (χ3n) is 4.59. The van der Waals surface area contributed by atoms with E-state index in [0.717, 1.165) is 37.4 Å². The molecule has 0 bridgehead atoms. The fourth-order valence-corrected chi connectivity index (χ4v) is 3.08. The van der Waals surface area contributed by atoms with Crippen LogP contribution in [0.5, 0.6) is 0 Å². The van der Waals surface area contributed by atoms with Crippen molar-refractivity contribution in [3.05, 3.63) is 72.2 Å². The van der Waals surface area contributed by atoms with Gasteiger partial charge in [-0.15, -0.1) is 0 Å². The number of nitrogens with one attached hydrogen (secondary N) is 2. The molecule has 0 radical (unpaired) electrons. The number of hydrogen-bond acceptors (Lipinski definition) is 5. The number of piperazine rings is 1. The Morgan fingerprint density at radius 1 is 1.00 bits per heavy atom.